The van der Waals surface area contributed by atoms with Crippen molar-refractivity contribution in [2.24, 2.45) is 0 Å². The highest BCUT2D eigenvalue weighted by molar-refractivity contribution is 5.39. The SMILES string of the molecule is N#Cc1cncn1CC(O)(C#Cc1ccc(C(F)(F)F)cc1)Cc1ccccc1.N#Cc1cncn1CC(O)(CCc1ccc(C(F)(F)F)cc1)Cc1ccccc1. The number of benzene rings is 4. The average molecular weight is 795 g/mol. The van der Waals surface area contributed by atoms with E-state index < -0.39 is 34.7 Å². The van der Waals surface area contributed by atoms with Crippen LogP contribution in [0.25, 0.3) is 0 Å². The highest BCUT2D eigenvalue weighted by Crippen LogP contribution is 2.31. The third-order valence-electron chi connectivity index (χ3n) is 9.08. The summed E-state index contributed by atoms with van der Waals surface area (Å²) < 4.78 is 79.4. The van der Waals surface area contributed by atoms with Gasteiger partial charge in [-0.15, -0.1) is 0 Å². The minimum absolute atomic E-state index is 0.0155. The number of rotatable bonds is 11. The smallest absolute Gasteiger partial charge is 0.388 e. The van der Waals surface area contributed by atoms with Gasteiger partial charge in [0.05, 0.1) is 54.9 Å². The third-order valence-corrected chi connectivity index (χ3v) is 9.08. The molecule has 8 nitrogen and oxygen atoms in total. The van der Waals surface area contributed by atoms with E-state index in [-0.39, 0.29) is 25.2 Å². The van der Waals surface area contributed by atoms with Gasteiger partial charge in [-0.05, 0) is 65.9 Å². The zero-order valence-electron chi connectivity index (χ0n) is 30.8. The normalized spacial score (nSPS) is 13.3. The lowest BCUT2D eigenvalue weighted by Gasteiger charge is -2.29. The maximum atomic E-state index is 12.7. The van der Waals surface area contributed by atoms with Crippen LogP contribution >= 0.6 is 0 Å². The van der Waals surface area contributed by atoms with Gasteiger partial charge < -0.3 is 19.3 Å². The number of hydrogen-bond donors (Lipinski definition) is 2. The van der Waals surface area contributed by atoms with Gasteiger partial charge in [-0.2, -0.15) is 36.9 Å². The van der Waals surface area contributed by atoms with Crippen molar-refractivity contribution in [3.63, 3.8) is 0 Å². The second-order valence-electron chi connectivity index (χ2n) is 13.6. The zero-order valence-corrected chi connectivity index (χ0v) is 30.8. The summed E-state index contributed by atoms with van der Waals surface area (Å²) in [5.74, 6) is 5.53. The van der Waals surface area contributed by atoms with E-state index in [2.05, 4.69) is 21.8 Å². The Bertz CT molecular complexity index is 2390. The summed E-state index contributed by atoms with van der Waals surface area (Å²) in [6, 6.07) is 32.1. The Morgan fingerprint density at radius 3 is 1.52 bits per heavy atom. The standard InChI is InChI=1S/C22H20F3N3O.C22H16F3N3O/c2*23-22(24,25)19-8-6-17(7-9-19)10-11-21(29,12-18-4-2-1-3-5-18)15-28-16-27-14-20(28)13-26/h1-9,14,16,29H,10-12,15H2;1-9,14,16,29H,12,15H2. The van der Waals surface area contributed by atoms with Crippen molar-refractivity contribution >= 4 is 0 Å². The molecule has 0 amide bonds. The Morgan fingerprint density at radius 2 is 1.03 bits per heavy atom. The van der Waals surface area contributed by atoms with Crippen LogP contribution in [0, 0.1) is 34.5 Å². The number of alkyl halides is 6. The minimum atomic E-state index is -4.42. The molecule has 2 N–H and O–H groups in total. The molecule has 6 aromatic rings. The number of imidazole rings is 2. The molecule has 2 aromatic heterocycles. The highest BCUT2D eigenvalue weighted by Gasteiger charge is 2.32. The molecule has 2 unspecified atom stereocenters. The molecule has 296 valence electrons. The fraction of sp³-hybridized carbons (Fsp3) is 0.227. The molecule has 6 rings (SSSR count). The van der Waals surface area contributed by atoms with Crippen molar-refractivity contribution in [1.29, 1.82) is 10.5 Å². The molecule has 0 spiro atoms. The van der Waals surface area contributed by atoms with Gasteiger partial charge in [-0.25, -0.2) is 9.97 Å². The van der Waals surface area contributed by atoms with Gasteiger partial charge in [-0.1, -0.05) is 84.6 Å². The molecule has 0 saturated carbocycles. The van der Waals surface area contributed by atoms with Crippen molar-refractivity contribution in [2.45, 2.75) is 62.3 Å². The number of aryl methyl sites for hydroxylation is 1. The molecule has 4 aromatic carbocycles. The summed E-state index contributed by atoms with van der Waals surface area (Å²) in [7, 11) is 0. The summed E-state index contributed by atoms with van der Waals surface area (Å²) >= 11 is 0. The van der Waals surface area contributed by atoms with Crippen LogP contribution in [-0.4, -0.2) is 40.5 Å². The van der Waals surface area contributed by atoms with Crippen LogP contribution in [0.5, 0.6) is 0 Å². The van der Waals surface area contributed by atoms with E-state index in [1.54, 1.807) is 4.57 Å². The number of aromatic nitrogens is 4. The van der Waals surface area contributed by atoms with Crippen molar-refractivity contribution < 1.29 is 36.6 Å². The first-order valence-corrected chi connectivity index (χ1v) is 17.8. The van der Waals surface area contributed by atoms with Gasteiger partial charge in [0, 0.05) is 18.4 Å². The summed E-state index contributed by atoms with van der Waals surface area (Å²) in [6.45, 7) is 0.143. The molecule has 0 saturated heterocycles. The van der Waals surface area contributed by atoms with Crippen LogP contribution in [-0.2, 0) is 44.7 Å². The molecule has 2 heterocycles. The van der Waals surface area contributed by atoms with Crippen LogP contribution in [0.1, 0.15) is 51.2 Å². The number of halogens is 6. The number of hydrogen-bond acceptors (Lipinski definition) is 6. The topological polar surface area (TPSA) is 124 Å². The fourth-order valence-corrected chi connectivity index (χ4v) is 6.12. The van der Waals surface area contributed by atoms with E-state index in [9.17, 15) is 47.1 Å². The molecule has 0 radical (unpaired) electrons. The molecule has 0 fully saturated rings. The summed E-state index contributed by atoms with van der Waals surface area (Å²) in [5, 5.41) is 40.9. The Morgan fingerprint density at radius 1 is 0.569 bits per heavy atom. The van der Waals surface area contributed by atoms with Crippen LogP contribution in [0.2, 0.25) is 0 Å². The quantitative estimate of drug-likeness (QED) is 0.101. The van der Waals surface area contributed by atoms with E-state index in [0.717, 1.165) is 35.4 Å². The molecule has 0 aliphatic carbocycles. The van der Waals surface area contributed by atoms with E-state index >= 15 is 0 Å². The summed E-state index contributed by atoms with van der Waals surface area (Å²) in [5.41, 5.74) is -0.800. The monoisotopic (exact) mass is 794 g/mol. The highest BCUT2D eigenvalue weighted by atomic mass is 19.4. The van der Waals surface area contributed by atoms with Gasteiger partial charge in [0.25, 0.3) is 0 Å². The fourth-order valence-electron chi connectivity index (χ4n) is 6.12. The number of nitrogens with zero attached hydrogens (tertiary/aromatic N) is 6. The lowest BCUT2D eigenvalue weighted by Crippen LogP contribution is -2.37. The number of nitriles is 2. The van der Waals surface area contributed by atoms with Gasteiger partial charge in [0.15, 0.2) is 0 Å². The van der Waals surface area contributed by atoms with E-state index in [1.807, 2.05) is 72.8 Å². The lowest BCUT2D eigenvalue weighted by molar-refractivity contribution is -0.138. The maximum Gasteiger partial charge on any atom is 0.416 e. The lowest BCUT2D eigenvalue weighted by atomic mass is 9.88. The third kappa shape index (κ3) is 12.2. The molecule has 0 aliphatic rings. The Hall–Kier alpha value is -6.66. The van der Waals surface area contributed by atoms with Crippen molar-refractivity contribution in [1.82, 2.24) is 19.1 Å². The first kappa shape index (κ1) is 42.5. The van der Waals surface area contributed by atoms with Crippen molar-refractivity contribution in [3.8, 4) is 24.0 Å². The van der Waals surface area contributed by atoms with Gasteiger partial charge >= 0.3 is 12.4 Å². The minimum Gasteiger partial charge on any atom is -0.388 e. The Labute approximate surface area is 330 Å². The zero-order chi connectivity index (χ0) is 41.8. The van der Waals surface area contributed by atoms with Gasteiger partial charge in [-0.3, -0.25) is 0 Å². The first-order chi connectivity index (χ1) is 27.6. The van der Waals surface area contributed by atoms with Crippen LogP contribution in [0.3, 0.4) is 0 Å². The molecular formula is C44H36F6N6O2. The van der Waals surface area contributed by atoms with Crippen LogP contribution in [0.15, 0.2) is 134 Å². The van der Waals surface area contributed by atoms with Gasteiger partial charge in [0.2, 0.25) is 0 Å². The molecule has 0 bridgehead atoms. The van der Waals surface area contributed by atoms with E-state index in [0.29, 0.717) is 36.1 Å². The van der Waals surface area contributed by atoms with Crippen molar-refractivity contribution in [2.75, 3.05) is 0 Å². The van der Waals surface area contributed by atoms with E-state index in [1.165, 1.54) is 53.9 Å². The van der Waals surface area contributed by atoms with Crippen LogP contribution in [0.4, 0.5) is 26.3 Å². The Balaban J connectivity index is 0.000000221. The van der Waals surface area contributed by atoms with Gasteiger partial charge in [0.1, 0.15) is 29.1 Å². The molecule has 2 atom stereocenters. The largest absolute Gasteiger partial charge is 0.416 e. The van der Waals surface area contributed by atoms with Crippen LogP contribution < -0.4 is 0 Å². The predicted molar refractivity (Wildman–Crippen MR) is 202 cm³/mol. The summed E-state index contributed by atoms with van der Waals surface area (Å²) in [6.07, 6.45) is -1.83. The average Bonchev–Trinajstić information content (AvgIpc) is 3.85. The second-order valence-corrected chi connectivity index (χ2v) is 13.6. The molecule has 58 heavy (non-hydrogen) atoms. The predicted octanol–water partition coefficient (Wildman–Crippen LogP) is 8.18. The summed E-state index contributed by atoms with van der Waals surface area (Å²) in [4.78, 5) is 7.87. The first-order valence-electron chi connectivity index (χ1n) is 17.8. The molecule has 0 aliphatic heterocycles. The Kier molecular flexibility index (Phi) is 13.6. The van der Waals surface area contributed by atoms with Crippen molar-refractivity contribution in [3.05, 3.63) is 179 Å². The molecule has 14 heteroatoms. The van der Waals surface area contributed by atoms with E-state index in [4.69, 9.17) is 0 Å². The second kappa shape index (κ2) is 18.5. The molecular weight excluding hydrogens is 759 g/mol. The number of aliphatic hydroxyl groups is 2. The maximum absolute atomic E-state index is 12.7.